The van der Waals surface area contributed by atoms with Gasteiger partial charge in [0, 0.05) is 0 Å². The van der Waals surface area contributed by atoms with Crippen molar-refractivity contribution in [2.24, 2.45) is 0 Å². The highest BCUT2D eigenvalue weighted by Gasteiger charge is 1.90. The average molecular weight is 404 g/mol. The summed E-state index contributed by atoms with van der Waals surface area (Å²) in [6, 6.07) is 0. The second-order valence-electron chi connectivity index (χ2n) is 7.96. The van der Waals surface area contributed by atoms with Crippen molar-refractivity contribution in [2.75, 3.05) is 0 Å². The molecule has 0 heterocycles. The van der Waals surface area contributed by atoms with Crippen LogP contribution in [0.3, 0.4) is 0 Å². The molecule has 29 heavy (non-hydrogen) atoms. The lowest BCUT2D eigenvalue weighted by Gasteiger charge is -1.99. The molecule has 0 aromatic rings. The first-order valence-electron chi connectivity index (χ1n) is 12.4. The first-order valence-corrected chi connectivity index (χ1v) is 12.4. The Hall–Kier alpha value is -1.04. The molecule has 0 aromatic carbocycles. The molecule has 1 radical (unpaired) electrons. The predicted molar refractivity (Wildman–Crippen MR) is 140 cm³/mol. The average Bonchev–Trinajstić information content (AvgIpc) is 2.74. The monoisotopic (exact) mass is 403 g/mol. The molecule has 0 aromatic heterocycles. The molecule has 0 fully saturated rings. The van der Waals surface area contributed by atoms with Crippen molar-refractivity contribution in [1.82, 2.24) is 0 Å². The third-order valence-corrected chi connectivity index (χ3v) is 4.88. The third-order valence-electron chi connectivity index (χ3n) is 4.88. The van der Waals surface area contributed by atoms with Crippen molar-refractivity contribution in [2.45, 2.75) is 130 Å². The first-order chi connectivity index (χ1) is 14.0. The molecule has 0 saturated carbocycles. The fourth-order valence-corrected chi connectivity index (χ4v) is 2.71. The number of allylic oxidation sites excluding steroid dienone is 4. The zero-order valence-corrected chi connectivity index (χ0v) is 20.9. The van der Waals surface area contributed by atoms with Crippen molar-refractivity contribution in [1.29, 1.82) is 0 Å². The van der Waals surface area contributed by atoms with Crippen molar-refractivity contribution in [3.05, 3.63) is 56.0 Å². The van der Waals surface area contributed by atoms with E-state index in [1.54, 1.807) is 0 Å². The Morgan fingerprint density at radius 1 is 0.552 bits per heavy atom. The van der Waals surface area contributed by atoms with Crippen LogP contribution < -0.4 is 0 Å². The molecular weight excluding hydrogens is 348 g/mol. The lowest BCUT2D eigenvalue weighted by atomic mass is 10.1. The summed E-state index contributed by atoms with van der Waals surface area (Å²) in [5.74, 6) is 0. The highest BCUT2D eigenvalue weighted by molar-refractivity contribution is 5.10. The second-order valence-corrected chi connectivity index (χ2v) is 7.96. The molecule has 0 amide bonds. The fraction of sp³-hybridized carbons (Fsp3) is 0.690. The summed E-state index contributed by atoms with van der Waals surface area (Å²) in [7, 11) is 0. The largest absolute Gasteiger partial charge is 0.0988 e. The van der Waals surface area contributed by atoms with Crippen LogP contribution in [-0.4, -0.2) is 0 Å². The van der Waals surface area contributed by atoms with Gasteiger partial charge in [0.05, 0.1) is 0 Å². The van der Waals surface area contributed by atoms with Gasteiger partial charge in [0.1, 0.15) is 0 Å². The molecule has 0 aliphatic heterocycles. The van der Waals surface area contributed by atoms with Gasteiger partial charge in [0.2, 0.25) is 0 Å². The molecule has 0 atom stereocenters. The molecule has 171 valence electrons. The van der Waals surface area contributed by atoms with Crippen LogP contribution in [0, 0.1) is 6.42 Å². The van der Waals surface area contributed by atoms with Gasteiger partial charge in [-0.05, 0) is 32.1 Å². The van der Waals surface area contributed by atoms with E-state index in [0.717, 1.165) is 12.8 Å². The minimum absolute atomic E-state index is 1.13. The Balaban J connectivity index is -0.000000354. The maximum Gasteiger partial charge on any atom is -0.0285 e. The van der Waals surface area contributed by atoms with Crippen LogP contribution in [0.1, 0.15) is 130 Å². The molecular formula is C29H55. The molecule has 0 unspecified atom stereocenters. The van der Waals surface area contributed by atoms with Gasteiger partial charge in [0.25, 0.3) is 0 Å². The lowest BCUT2D eigenvalue weighted by Crippen LogP contribution is -1.79. The van der Waals surface area contributed by atoms with Crippen LogP contribution in [-0.2, 0) is 0 Å². The van der Waals surface area contributed by atoms with E-state index in [9.17, 15) is 0 Å². The molecule has 0 heteroatoms. The summed E-state index contributed by atoms with van der Waals surface area (Å²) in [4.78, 5) is 0. The van der Waals surface area contributed by atoms with Crippen LogP contribution in [0.15, 0.2) is 49.6 Å². The Kier molecular flexibility index (Phi) is 35.6. The highest BCUT2D eigenvalue weighted by atomic mass is 14.0. The van der Waals surface area contributed by atoms with Gasteiger partial charge in [-0.25, -0.2) is 0 Å². The van der Waals surface area contributed by atoms with Crippen molar-refractivity contribution in [3.8, 4) is 0 Å². The van der Waals surface area contributed by atoms with Crippen LogP contribution in [0.2, 0.25) is 0 Å². The summed E-state index contributed by atoms with van der Waals surface area (Å²) in [6.07, 6.45) is 27.1. The Labute approximate surface area is 186 Å². The molecule has 0 aliphatic rings. The van der Waals surface area contributed by atoms with E-state index in [2.05, 4.69) is 60.4 Å². The van der Waals surface area contributed by atoms with Crippen LogP contribution >= 0.6 is 0 Å². The lowest BCUT2D eigenvalue weighted by molar-refractivity contribution is 0.633. The maximum atomic E-state index is 3.87. The van der Waals surface area contributed by atoms with Gasteiger partial charge in [-0.3, -0.25) is 0 Å². The van der Waals surface area contributed by atoms with Gasteiger partial charge in [0.15, 0.2) is 0 Å². The Bertz CT molecular complexity index is 341. The quantitative estimate of drug-likeness (QED) is 0.158. The van der Waals surface area contributed by atoms with Crippen LogP contribution in [0.4, 0.5) is 0 Å². The molecule has 0 aliphatic carbocycles. The minimum Gasteiger partial charge on any atom is -0.0988 e. The van der Waals surface area contributed by atoms with Gasteiger partial charge in [-0.2, -0.15) is 0 Å². The van der Waals surface area contributed by atoms with E-state index in [-0.39, 0.29) is 0 Å². The van der Waals surface area contributed by atoms with Gasteiger partial charge in [-0.1, -0.05) is 154 Å². The topological polar surface area (TPSA) is 0 Å². The summed E-state index contributed by atoms with van der Waals surface area (Å²) in [5, 5.41) is 0. The van der Waals surface area contributed by atoms with Gasteiger partial charge < -0.3 is 0 Å². The molecule has 0 spiro atoms. The third kappa shape index (κ3) is 38.2. The van der Waals surface area contributed by atoms with Gasteiger partial charge in [-0.15, -0.1) is 0 Å². The van der Waals surface area contributed by atoms with E-state index in [0.29, 0.717) is 0 Å². The van der Waals surface area contributed by atoms with E-state index >= 15 is 0 Å². The normalized spacial score (nSPS) is 9.52. The maximum absolute atomic E-state index is 3.87. The minimum atomic E-state index is 1.13. The molecule has 0 rings (SSSR count). The molecule has 0 bridgehead atoms. The molecule has 0 N–H and O–H groups in total. The van der Waals surface area contributed by atoms with E-state index in [1.165, 1.54) is 101 Å². The predicted octanol–water partition coefficient (Wildman–Crippen LogP) is 11.0. The highest BCUT2D eigenvalue weighted by Crippen LogP contribution is 2.10. The Morgan fingerprint density at radius 3 is 1.24 bits per heavy atom. The second kappa shape index (κ2) is 31.6. The summed E-state index contributed by atoms with van der Waals surface area (Å²) >= 11 is 0. The summed E-state index contributed by atoms with van der Waals surface area (Å²) in [6.45, 7) is 23.9. The Morgan fingerprint density at radius 2 is 0.897 bits per heavy atom. The standard InChI is InChI=1S/C11H20.C10H18.C8H17/c1-4-6-7-8-9-10-11(3)5-2;1-4-6-7-8-9-10(3)5-2;1-3-5-7-8-6-4-2/h5H,2-4,6-10H2,1H3;5H,2-4,6-9H2,1H3;3H,4-8H2,1-2H3. The SMILES string of the molecule is C=CC(=C)CCCCCC.C=CC(=C)CCCCCCC.C[CH]CCCCCC. The van der Waals surface area contributed by atoms with Crippen molar-refractivity contribution < 1.29 is 0 Å². The molecule has 0 saturated heterocycles. The summed E-state index contributed by atoms with van der Waals surface area (Å²) in [5.41, 5.74) is 2.36. The number of hydrogen-bond acceptors (Lipinski definition) is 0. The van der Waals surface area contributed by atoms with E-state index < -0.39 is 0 Å². The van der Waals surface area contributed by atoms with E-state index in [4.69, 9.17) is 0 Å². The van der Waals surface area contributed by atoms with E-state index in [1.807, 2.05) is 12.2 Å². The number of unbranched alkanes of at least 4 members (excludes halogenated alkanes) is 12. The zero-order chi connectivity index (χ0) is 22.6. The van der Waals surface area contributed by atoms with Crippen LogP contribution in [0.5, 0.6) is 0 Å². The fourth-order valence-electron chi connectivity index (χ4n) is 2.71. The van der Waals surface area contributed by atoms with Crippen LogP contribution in [0.25, 0.3) is 0 Å². The van der Waals surface area contributed by atoms with Crippen molar-refractivity contribution >= 4 is 0 Å². The number of rotatable bonds is 18. The molecule has 0 nitrogen and oxygen atoms in total. The van der Waals surface area contributed by atoms with Crippen molar-refractivity contribution in [3.63, 3.8) is 0 Å². The summed E-state index contributed by atoms with van der Waals surface area (Å²) < 4.78 is 0. The number of hydrogen-bond donors (Lipinski definition) is 0. The van der Waals surface area contributed by atoms with Gasteiger partial charge >= 0.3 is 0 Å². The first kappa shape index (κ1) is 32.6. The zero-order valence-electron chi connectivity index (χ0n) is 20.9. The smallest absolute Gasteiger partial charge is 0.0285 e.